The van der Waals surface area contributed by atoms with E-state index in [9.17, 15) is 9.59 Å². The number of ether oxygens (including phenoxy) is 2. The number of carbonyl (C=O) groups excluding carboxylic acids is 1. The third-order valence-corrected chi connectivity index (χ3v) is 5.23. The van der Waals surface area contributed by atoms with Gasteiger partial charge >= 0.3 is 5.97 Å². The van der Waals surface area contributed by atoms with E-state index < -0.39 is 0 Å². The predicted octanol–water partition coefficient (Wildman–Crippen LogP) is 3.75. The molecule has 0 atom stereocenters. The van der Waals surface area contributed by atoms with Crippen LogP contribution in [-0.2, 0) is 4.74 Å². The highest BCUT2D eigenvalue weighted by atomic mass is 32.1. The van der Waals surface area contributed by atoms with Gasteiger partial charge in [-0.2, -0.15) is 4.68 Å². The van der Waals surface area contributed by atoms with Gasteiger partial charge in [0.15, 0.2) is 0 Å². The molecule has 0 unspecified atom stereocenters. The second-order valence-corrected chi connectivity index (χ2v) is 6.99. The molecule has 0 fully saturated rings. The smallest absolute Gasteiger partial charge is 0.337 e. The Bertz CT molecular complexity index is 1200. The van der Waals surface area contributed by atoms with Crippen LogP contribution in [0.15, 0.2) is 64.8 Å². The molecule has 1 N–H and O–H groups in total. The first-order chi connectivity index (χ1) is 14.1. The molecule has 0 saturated carbocycles. The van der Waals surface area contributed by atoms with E-state index in [1.165, 1.54) is 29.2 Å². The summed E-state index contributed by atoms with van der Waals surface area (Å²) in [5.41, 5.74) is 3.40. The lowest BCUT2D eigenvalue weighted by Gasteiger charge is -2.02. The van der Waals surface area contributed by atoms with Gasteiger partial charge in [0.2, 0.25) is 5.13 Å². The summed E-state index contributed by atoms with van der Waals surface area (Å²) in [6.07, 6.45) is 0. The first kappa shape index (κ1) is 18.7. The number of hydrogen-bond acceptors (Lipinski definition) is 6. The number of methoxy groups -OCH3 is 2. The summed E-state index contributed by atoms with van der Waals surface area (Å²) in [4.78, 5) is 28.6. The van der Waals surface area contributed by atoms with E-state index in [2.05, 4.69) is 10.1 Å². The standard InChI is InChI=1S/C21H17N3O4S/c1-27-16-9-7-13(8-10-16)17-11-19(25)24(23-17)21-22-18(12-29-21)14-3-5-15(6-4-14)20(26)28-2/h3-12,23H,1-2H3. The Labute approximate surface area is 170 Å². The van der Waals surface area contributed by atoms with Gasteiger partial charge in [-0.25, -0.2) is 9.78 Å². The number of thiazole rings is 1. The van der Waals surface area contributed by atoms with Crippen molar-refractivity contribution >= 4 is 17.3 Å². The highest BCUT2D eigenvalue weighted by Gasteiger charge is 2.12. The SMILES string of the molecule is COC(=O)c1ccc(-c2csc(-n3[nH]c(-c4ccc(OC)cc4)cc3=O)n2)cc1. The summed E-state index contributed by atoms with van der Waals surface area (Å²) in [6.45, 7) is 0. The molecule has 4 aromatic rings. The van der Waals surface area contributed by atoms with E-state index in [4.69, 9.17) is 9.47 Å². The first-order valence-corrected chi connectivity index (χ1v) is 9.58. The molecule has 2 aromatic heterocycles. The molecule has 0 aliphatic carbocycles. The fourth-order valence-electron chi connectivity index (χ4n) is 2.85. The Hall–Kier alpha value is -3.65. The third kappa shape index (κ3) is 3.70. The van der Waals surface area contributed by atoms with Crippen LogP contribution in [0.1, 0.15) is 10.4 Å². The molecule has 146 valence electrons. The number of benzene rings is 2. The zero-order valence-corrected chi connectivity index (χ0v) is 16.5. The number of nitrogens with one attached hydrogen (secondary N) is 1. The predicted molar refractivity (Wildman–Crippen MR) is 111 cm³/mol. The molecule has 29 heavy (non-hydrogen) atoms. The molecular formula is C21H17N3O4S. The van der Waals surface area contributed by atoms with Gasteiger partial charge in [-0.15, -0.1) is 11.3 Å². The highest BCUT2D eigenvalue weighted by molar-refractivity contribution is 7.12. The normalized spacial score (nSPS) is 10.7. The minimum Gasteiger partial charge on any atom is -0.497 e. The maximum Gasteiger partial charge on any atom is 0.337 e. The summed E-state index contributed by atoms with van der Waals surface area (Å²) < 4.78 is 11.3. The van der Waals surface area contributed by atoms with Gasteiger partial charge in [0.25, 0.3) is 5.56 Å². The fraction of sp³-hybridized carbons (Fsp3) is 0.0952. The summed E-state index contributed by atoms with van der Waals surface area (Å²) in [5.74, 6) is 0.359. The van der Waals surface area contributed by atoms with E-state index in [0.29, 0.717) is 22.1 Å². The zero-order chi connectivity index (χ0) is 20.4. The van der Waals surface area contributed by atoms with Gasteiger partial charge in [-0.05, 0) is 42.0 Å². The Morgan fingerprint density at radius 2 is 1.72 bits per heavy atom. The van der Waals surface area contributed by atoms with Crippen molar-refractivity contribution in [1.82, 2.24) is 14.8 Å². The van der Waals surface area contributed by atoms with Crippen LogP contribution in [-0.4, -0.2) is 35.0 Å². The zero-order valence-electron chi connectivity index (χ0n) is 15.7. The van der Waals surface area contributed by atoms with Crippen molar-refractivity contribution in [2.75, 3.05) is 14.2 Å². The monoisotopic (exact) mass is 407 g/mol. The Morgan fingerprint density at radius 3 is 2.38 bits per heavy atom. The van der Waals surface area contributed by atoms with Crippen molar-refractivity contribution in [2.24, 2.45) is 0 Å². The van der Waals surface area contributed by atoms with Crippen molar-refractivity contribution in [3.05, 3.63) is 75.9 Å². The molecule has 7 nitrogen and oxygen atoms in total. The number of aromatic amines is 1. The van der Waals surface area contributed by atoms with E-state index in [0.717, 1.165) is 16.9 Å². The quantitative estimate of drug-likeness (QED) is 0.509. The van der Waals surface area contributed by atoms with Crippen LogP contribution in [0.4, 0.5) is 0 Å². The summed E-state index contributed by atoms with van der Waals surface area (Å²) in [7, 11) is 2.95. The minimum absolute atomic E-state index is 0.197. The van der Waals surface area contributed by atoms with Crippen molar-refractivity contribution in [1.29, 1.82) is 0 Å². The van der Waals surface area contributed by atoms with Crippen molar-refractivity contribution < 1.29 is 14.3 Å². The maximum atomic E-state index is 12.5. The Balaban J connectivity index is 1.62. The van der Waals surface area contributed by atoms with E-state index in [1.807, 2.05) is 29.6 Å². The van der Waals surface area contributed by atoms with Crippen molar-refractivity contribution in [3.63, 3.8) is 0 Å². The lowest BCUT2D eigenvalue weighted by Crippen LogP contribution is -2.12. The first-order valence-electron chi connectivity index (χ1n) is 8.70. The van der Waals surface area contributed by atoms with E-state index >= 15 is 0 Å². The molecule has 2 heterocycles. The average Bonchev–Trinajstić information content (AvgIpc) is 3.40. The number of aromatic nitrogens is 3. The number of H-pyrrole nitrogens is 1. The highest BCUT2D eigenvalue weighted by Crippen LogP contribution is 2.25. The minimum atomic E-state index is -0.389. The molecule has 0 aliphatic rings. The topological polar surface area (TPSA) is 86.2 Å². The molecule has 0 amide bonds. The molecule has 0 bridgehead atoms. The lowest BCUT2D eigenvalue weighted by atomic mass is 10.1. The molecule has 4 rings (SSSR count). The molecule has 0 saturated heterocycles. The second kappa shape index (κ2) is 7.76. The second-order valence-electron chi connectivity index (χ2n) is 6.16. The summed E-state index contributed by atoms with van der Waals surface area (Å²) in [6, 6.07) is 15.9. The molecule has 0 aliphatic heterocycles. The average molecular weight is 407 g/mol. The number of carbonyl (C=O) groups is 1. The molecular weight excluding hydrogens is 390 g/mol. The number of hydrogen-bond donors (Lipinski definition) is 1. The Kier molecular flexibility index (Phi) is 5.01. The molecule has 8 heteroatoms. The number of rotatable bonds is 5. The van der Waals surface area contributed by atoms with Crippen LogP contribution >= 0.6 is 11.3 Å². The Morgan fingerprint density at radius 1 is 1.03 bits per heavy atom. The third-order valence-electron chi connectivity index (χ3n) is 4.41. The van der Waals surface area contributed by atoms with E-state index in [-0.39, 0.29) is 11.5 Å². The van der Waals surface area contributed by atoms with Gasteiger partial charge in [-0.3, -0.25) is 9.89 Å². The number of nitrogens with zero attached hydrogens (tertiary/aromatic N) is 2. The van der Waals surface area contributed by atoms with E-state index in [1.54, 1.807) is 31.4 Å². The summed E-state index contributed by atoms with van der Waals surface area (Å²) >= 11 is 1.35. The molecule has 2 aromatic carbocycles. The lowest BCUT2D eigenvalue weighted by molar-refractivity contribution is 0.0601. The summed E-state index contributed by atoms with van der Waals surface area (Å²) in [5, 5.41) is 5.49. The number of esters is 1. The van der Waals surface area contributed by atoms with Gasteiger partial charge in [0.1, 0.15) is 5.75 Å². The van der Waals surface area contributed by atoms with Crippen LogP contribution in [0.5, 0.6) is 5.75 Å². The van der Waals surface area contributed by atoms with Crippen LogP contribution in [0, 0.1) is 0 Å². The van der Waals surface area contributed by atoms with Crippen molar-refractivity contribution in [2.45, 2.75) is 0 Å². The largest absolute Gasteiger partial charge is 0.497 e. The van der Waals surface area contributed by atoms with Crippen molar-refractivity contribution in [3.8, 4) is 33.4 Å². The van der Waals surface area contributed by atoms with Crippen LogP contribution in [0.2, 0.25) is 0 Å². The maximum absolute atomic E-state index is 12.5. The van der Waals surface area contributed by atoms with Crippen LogP contribution in [0.3, 0.4) is 0 Å². The molecule has 0 spiro atoms. The van der Waals surface area contributed by atoms with Gasteiger partial charge in [-0.1, -0.05) is 12.1 Å². The van der Waals surface area contributed by atoms with Gasteiger partial charge in [0.05, 0.1) is 31.2 Å². The fourth-order valence-corrected chi connectivity index (χ4v) is 3.65. The van der Waals surface area contributed by atoms with Gasteiger partial charge in [0, 0.05) is 17.0 Å². The molecule has 0 radical (unpaired) electrons. The van der Waals surface area contributed by atoms with Gasteiger partial charge < -0.3 is 9.47 Å². The van der Waals surface area contributed by atoms with Crippen LogP contribution < -0.4 is 10.3 Å². The van der Waals surface area contributed by atoms with Crippen LogP contribution in [0.25, 0.3) is 27.6 Å².